The van der Waals surface area contributed by atoms with Crippen LogP contribution >= 0.6 is 0 Å². The van der Waals surface area contributed by atoms with Gasteiger partial charge < -0.3 is 5.11 Å². The van der Waals surface area contributed by atoms with E-state index in [-0.39, 0.29) is 5.92 Å². The minimum atomic E-state index is -0.578. The predicted molar refractivity (Wildman–Crippen MR) is 56.9 cm³/mol. The molecule has 1 unspecified atom stereocenters. The smallest absolute Gasteiger partial charge is 0.306 e. The fraction of sp³-hybridized carbons (Fsp3) is 0.833. The minimum Gasteiger partial charge on any atom is -0.481 e. The summed E-state index contributed by atoms with van der Waals surface area (Å²) in [6.07, 6.45) is 9.70. The van der Waals surface area contributed by atoms with Crippen LogP contribution < -0.4 is 0 Å². The summed E-state index contributed by atoms with van der Waals surface area (Å²) in [5.41, 5.74) is 0. The van der Waals surface area contributed by atoms with Gasteiger partial charge in [-0.3, -0.25) is 4.79 Å². The summed E-state index contributed by atoms with van der Waals surface area (Å²) < 4.78 is 0. The van der Waals surface area contributed by atoms with E-state index < -0.39 is 5.97 Å². The molecule has 0 bridgehead atoms. The molecule has 0 heterocycles. The second-order valence-electron chi connectivity index (χ2n) is 4.29. The highest BCUT2D eigenvalue weighted by atomic mass is 16.4. The molecule has 2 nitrogen and oxygen atoms in total. The molecule has 1 aliphatic carbocycles. The van der Waals surface area contributed by atoms with E-state index in [1.54, 1.807) is 0 Å². The van der Waals surface area contributed by atoms with Gasteiger partial charge >= 0.3 is 5.97 Å². The van der Waals surface area contributed by atoms with E-state index in [1.165, 1.54) is 0 Å². The van der Waals surface area contributed by atoms with Gasteiger partial charge in [0.05, 0.1) is 5.92 Å². The fourth-order valence-electron chi connectivity index (χ4n) is 2.34. The van der Waals surface area contributed by atoms with Gasteiger partial charge in [0.15, 0.2) is 0 Å². The highest BCUT2D eigenvalue weighted by molar-refractivity contribution is 5.70. The van der Waals surface area contributed by atoms with Crippen molar-refractivity contribution < 1.29 is 9.90 Å². The van der Waals surface area contributed by atoms with Crippen LogP contribution in [0.1, 0.15) is 51.9 Å². The lowest BCUT2D eigenvalue weighted by atomic mass is 9.78. The Kier molecular flexibility index (Phi) is 4.99. The molecule has 0 aromatic carbocycles. The number of hydrogen-bond donors (Lipinski definition) is 1. The van der Waals surface area contributed by atoms with E-state index in [0.29, 0.717) is 5.92 Å². The molecule has 1 atom stereocenters. The lowest BCUT2D eigenvalue weighted by Crippen LogP contribution is -2.25. The van der Waals surface area contributed by atoms with Gasteiger partial charge in [0.2, 0.25) is 0 Å². The van der Waals surface area contributed by atoms with Crippen molar-refractivity contribution in [3.05, 3.63) is 6.42 Å². The summed E-state index contributed by atoms with van der Waals surface area (Å²) in [7, 11) is 0. The third kappa shape index (κ3) is 3.32. The second kappa shape index (κ2) is 6.05. The third-order valence-corrected chi connectivity index (χ3v) is 3.24. The van der Waals surface area contributed by atoms with Crippen molar-refractivity contribution in [2.75, 3.05) is 0 Å². The predicted octanol–water partition coefficient (Wildman–Crippen LogP) is 3.27. The number of rotatable bonds is 5. The van der Waals surface area contributed by atoms with Crippen molar-refractivity contribution in [3.63, 3.8) is 0 Å². The van der Waals surface area contributed by atoms with Crippen molar-refractivity contribution in [1.29, 1.82) is 0 Å². The minimum absolute atomic E-state index is 0.0800. The van der Waals surface area contributed by atoms with Crippen LogP contribution in [-0.2, 0) is 4.79 Å². The van der Waals surface area contributed by atoms with E-state index in [1.807, 2.05) is 0 Å². The van der Waals surface area contributed by atoms with Gasteiger partial charge in [-0.15, -0.1) is 0 Å². The van der Waals surface area contributed by atoms with Crippen LogP contribution in [0.5, 0.6) is 0 Å². The first kappa shape index (κ1) is 11.5. The van der Waals surface area contributed by atoms with Crippen LogP contribution in [0.15, 0.2) is 0 Å². The van der Waals surface area contributed by atoms with Crippen LogP contribution in [0.2, 0.25) is 0 Å². The summed E-state index contributed by atoms with van der Waals surface area (Å²) in [4.78, 5) is 11.1. The summed E-state index contributed by atoms with van der Waals surface area (Å²) in [6, 6.07) is 0. The summed E-state index contributed by atoms with van der Waals surface area (Å²) >= 11 is 0. The molecule has 1 fully saturated rings. The fourth-order valence-corrected chi connectivity index (χ4v) is 2.34. The van der Waals surface area contributed by atoms with Crippen LogP contribution in [0.25, 0.3) is 0 Å². The Morgan fingerprint density at radius 2 is 2.14 bits per heavy atom. The Morgan fingerprint density at radius 3 is 2.64 bits per heavy atom. The van der Waals surface area contributed by atoms with Crippen molar-refractivity contribution in [2.45, 2.75) is 51.9 Å². The molecule has 1 rings (SSSR count). The van der Waals surface area contributed by atoms with Gasteiger partial charge in [-0.2, -0.15) is 0 Å². The average Bonchev–Trinajstić information content (AvgIpc) is 2.19. The van der Waals surface area contributed by atoms with E-state index in [4.69, 9.17) is 5.11 Å². The van der Waals surface area contributed by atoms with Gasteiger partial charge in [0, 0.05) is 0 Å². The molecule has 81 valence electrons. The molecule has 0 spiro atoms. The zero-order chi connectivity index (χ0) is 10.4. The van der Waals surface area contributed by atoms with Crippen molar-refractivity contribution in [3.8, 4) is 0 Å². The first-order valence-electron chi connectivity index (χ1n) is 5.80. The van der Waals surface area contributed by atoms with E-state index in [0.717, 1.165) is 44.9 Å². The maximum absolute atomic E-state index is 11.1. The third-order valence-electron chi connectivity index (χ3n) is 3.24. The quantitative estimate of drug-likeness (QED) is 0.734. The first-order valence-corrected chi connectivity index (χ1v) is 5.80. The number of unbranched alkanes of at least 4 members (excludes halogenated alkanes) is 1. The Labute approximate surface area is 86.7 Å². The maximum Gasteiger partial charge on any atom is 0.306 e. The molecule has 0 saturated heterocycles. The van der Waals surface area contributed by atoms with Crippen LogP contribution in [0.3, 0.4) is 0 Å². The van der Waals surface area contributed by atoms with E-state index >= 15 is 0 Å². The molecule has 0 aromatic heterocycles. The van der Waals surface area contributed by atoms with Crippen molar-refractivity contribution >= 4 is 5.97 Å². The van der Waals surface area contributed by atoms with Gasteiger partial charge in [0.25, 0.3) is 0 Å². The number of hydrogen-bond acceptors (Lipinski definition) is 1. The van der Waals surface area contributed by atoms with Gasteiger partial charge in [-0.25, -0.2) is 0 Å². The summed E-state index contributed by atoms with van der Waals surface area (Å²) in [5.74, 6) is -0.224. The zero-order valence-corrected chi connectivity index (χ0v) is 9.04. The molecule has 1 radical (unpaired) electrons. The number of carboxylic acids is 1. The van der Waals surface area contributed by atoms with Crippen LogP contribution in [0, 0.1) is 18.3 Å². The SMILES string of the molecule is CCCCC(C(=O)O)C1CC[CH]CC1. The molecule has 1 N–H and O–H groups in total. The molecular formula is C12H21O2. The standard InChI is InChI=1S/C12H21O2/c1-2-3-9-11(12(13)14)10-7-5-4-6-8-10/h4,10-11H,2-3,5-9H2,1H3,(H,13,14). The van der Waals surface area contributed by atoms with Crippen molar-refractivity contribution in [2.24, 2.45) is 11.8 Å². The Bertz CT molecular complexity index is 171. The first-order chi connectivity index (χ1) is 6.75. The van der Waals surface area contributed by atoms with Crippen LogP contribution in [0.4, 0.5) is 0 Å². The average molecular weight is 197 g/mol. The normalized spacial score (nSPS) is 20.6. The molecule has 0 aromatic rings. The number of carbonyl (C=O) groups is 1. The van der Waals surface area contributed by atoms with E-state index in [9.17, 15) is 4.79 Å². The molecular weight excluding hydrogens is 176 g/mol. The molecule has 0 amide bonds. The lowest BCUT2D eigenvalue weighted by Gasteiger charge is -2.27. The Hall–Kier alpha value is -0.530. The Morgan fingerprint density at radius 1 is 1.50 bits per heavy atom. The number of aliphatic carboxylic acids is 1. The largest absolute Gasteiger partial charge is 0.481 e. The zero-order valence-electron chi connectivity index (χ0n) is 9.04. The highest BCUT2D eigenvalue weighted by Gasteiger charge is 2.28. The van der Waals surface area contributed by atoms with Crippen molar-refractivity contribution in [1.82, 2.24) is 0 Å². The monoisotopic (exact) mass is 197 g/mol. The summed E-state index contributed by atoms with van der Waals surface area (Å²) in [6.45, 7) is 2.12. The molecule has 0 aliphatic heterocycles. The molecule has 1 saturated carbocycles. The Balaban J connectivity index is 2.43. The topological polar surface area (TPSA) is 37.3 Å². The molecule has 1 aliphatic rings. The van der Waals surface area contributed by atoms with E-state index in [2.05, 4.69) is 13.3 Å². The van der Waals surface area contributed by atoms with Gasteiger partial charge in [0.1, 0.15) is 0 Å². The van der Waals surface area contributed by atoms with Gasteiger partial charge in [-0.05, 0) is 44.4 Å². The second-order valence-corrected chi connectivity index (χ2v) is 4.29. The molecule has 14 heavy (non-hydrogen) atoms. The summed E-state index contributed by atoms with van der Waals surface area (Å²) in [5, 5.41) is 9.14. The highest BCUT2D eigenvalue weighted by Crippen LogP contribution is 2.32. The van der Waals surface area contributed by atoms with Gasteiger partial charge in [-0.1, -0.05) is 19.8 Å². The molecule has 2 heteroatoms. The maximum atomic E-state index is 11.1. The number of carboxylic acid groups (broad SMARTS) is 1. The lowest BCUT2D eigenvalue weighted by molar-refractivity contribution is -0.144. The van der Waals surface area contributed by atoms with Crippen LogP contribution in [-0.4, -0.2) is 11.1 Å².